The fraction of sp³-hybridized carbons (Fsp3) is 0.533. The fourth-order valence-corrected chi connectivity index (χ4v) is 3.01. The Bertz CT molecular complexity index is 465. The molecule has 1 N–H and O–H groups in total. The summed E-state index contributed by atoms with van der Waals surface area (Å²) in [4.78, 5) is 13.1. The first-order valence-corrected chi connectivity index (χ1v) is 6.69. The second-order valence-electron chi connectivity index (χ2n) is 5.76. The van der Waals surface area contributed by atoms with Gasteiger partial charge in [0.1, 0.15) is 5.82 Å². The van der Waals surface area contributed by atoms with E-state index in [9.17, 15) is 9.18 Å². The lowest BCUT2D eigenvalue weighted by molar-refractivity contribution is 0.0692. The van der Waals surface area contributed by atoms with Crippen LogP contribution in [0, 0.1) is 17.7 Å². The van der Waals surface area contributed by atoms with Crippen molar-refractivity contribution in [3.63, 3.8) is 0 Å². The minimum atomic E-state index is -1.22. The number of nitrogens with zero attached hydrogens (tertiary/aromatic N) is 1. The van der Waals surface area contributed by atoms with Gasteiger partial charge in [-0.05, 0) is 36.0 Å². The van der Waals surface area contributed by atoms with Crippen molar-refractivity contribution in [2.24, 2.45) is 11.8 Å². The lowest BCUT2D eigenvalue weighted by atomic mass is 9.91. The summed E-state index contributed by atoms with van der Waals surface area (Å²) < 4.78 is 13.6. The highest BCUT2D eigenvalue weighted by molar-refractivity contribution is 5.87. The van der Waals surface area contributed by atoms with Crippen LogP contribution in [0.15, 0.2) is 18.2 Å². The summed E-state index contributed by atoms with van der Waals surface area (Å²) in [5, 5.41) is 8.80. The van der Waals surface area contributed by atoms with Gasteiger partial charge >= 0.3 is 5.97 Å². The molecule has 1 aromatic rings. The third-order valence-corrected chi connectivity index (χ3v) is 3.61. The monoisotopic (exact) mass is 265 g/mol. The Kier molecular flexibility index (Phi) is 4.20. The van der Waals surface area contributed by atoms with E-state index in [1.54, 1.807) is 6.07 Å². The molecule has 1 aliphatic rings. The molecule has 104 valence electrons. The van der Waals surface area contributed by atoms with Crippen molar-refractivity contribution in [3.05, 3.63) is 35.1 Å². The van der Waals surface area contributed by atoms with Crippen molar-refractivity contribution >= 4 is 5.97 Å². The number of likely N-dealkylation sites (tertiary alicyclic amines) is 1. The zero-order valence-corrected chi connectivity index (χ0v) is 11.4. The van der Waals surface area contributed by atoms with Gasteiger partial charge in [0.25, 0.3) is 0 Å². The largest absolute Gasteiger partial charge is 0.478 e. The summed E-state index contributed by atoms with van der Waals surface area (Å²) in [5.41, 5.74) is 0.577. The Morgan fingerprint density at radius 1 is 1.37 bits per heavy atom. The minimum absolute atomic E-state index is 0.260. The molecule has 1 heterocycles. The summed E-state index contributed by atoms with van der Waals surface area (Å²) in [5.74, 6) is -0.550. The molecule has 0 radical (unpaired) electrons. The second-order valence-corrected chi connectivity index (χ2v) is 5.76. The lowest BCUT2D eigenvalue weighted by Gasteiger charge is -2.35. The molecule has 0 saturated carbocycles. The molecule has 0 aliphatic carbocycles. The van der Waals surface area contributed by atoms with Crippen molar-refractivity contribution in [3.8, 4) is 0 Å². The molecule has 1 saturated heterocycles. The van der Waals surface area contributed by atoms with Crippen molar-refractivity contribution in [2.75, 3.05) is 13.1 Å². The summed E-state index contributed by atoms with van der Waals surface area (Å²) in [6.07, 6.45) is 1.24. The smallest absolute Gasteiger partial charge is 0.338 e. The van der Waals surface area contributed by atoms with Gasteiger partial charge < -0.3 is 5.11 Å². The summed E-state index contributed by atoms with van der Waals surface area (Å²) in [6.45, 7) is 7.19. The van der Waals surface area contributed by atoms with Crippen LogP contribution >= 0.6 is 0 Å². The molecule has 0 aromatic heterocycles. The van der Waals surface area contributed by atoms with Gasteiger partial charge in [0.05, 0.1) is 5.56 Å². The number of carbonyl (C=O) groups is 1. The number of halogens is 1. The molecule has 2 rings (SSSR count). The predicted octanol–water partition coefficient (Wildman–Crippen LogP) is 3.00. The Labute approximate surface area is 113 Å². The van der Waals surface area contributed by atoms with Crippen molar-refractivity contribution in [2.45, 2.75) is 26.8 Å². The number of aromatic carboxylic acids is 1. The first-order valence-electron chi connectivity index (χ1n) is 6.69. The van der Waals surface area contributed by atoms with Crippen LogP contribution < -0.4 is 0 Å². The zero-order valence-electron chi connectivity index (χ0n) is 11.4. The molecule has 2 atom stereocenters. The van der Waals surface area contributed by atoms with E-state index in [1.165, 1.54) is 18.6 Å². The van der Waals surface area contributed by atoms with E-state index in [2.05, 4.69) is 18.7 Å². The van der Waals surface area contributed by atoms with E-state index in [0.29, 0.717) is 18.4 Å². The van der Waals surface area contributed by atoms with Crippen molar-refractivity contribution in [1.29, 1.82) is 0 Å². The van der Waals surface area contributed by atoms with Gasteiger partial charge in [-0.3, -0.25) is 4.90 Å². The molecule has 1 aromatic carbocycles. The molecule has 4 heteroatoms. The van der Waals surface area contributed by atoms with Crippen LogP contribution in [-0.2, 0) is 6.54 Å². The fourth-order valence-electron chi connectivity index (χ4n) is 3.01. The first-order chi connectivity index (χ1) is 8.95. The third kappa shape index (κ3) is 3.53. The molecule has 0 bridgehead atoms. The Hall–Kier alpha value is -1.42. The van der Waals surface area contributed by atoms with E-state index in [-0.39, 0.29) is 5.56 Å². The third-order valence-electron chi connectivity index (χ3n) is 3.61. The van der Waals surface area contributed by atoms with Crippen LogP contribution in [0.5, 0.6) is 0 Å². The molecule has 1 aliphatic heterocycles. The summed E-state index contributed by atoms with van der Waals surface area (Å²) in [7, 11) is 0. The number of piperidine rings is 1. The second kappa shape index (κ2) is 5.70. The highest BCUT2D eigenvalue weighted by Gasteiger charge is 2.22. The molecular weight excluding hydrogens is 245 g/mol. The van der Waals surface area contributed by atoms with Crippen LogP contribution in [0.1, 0.15) is 36.2 Å². The molecule has 0 amide bonds. The quantitative estimate of drug-likeness (QED) is 0.913. The molecule has 1 fully saturated rings. The van der Waals surface area contributed by atoms with Gasteiger partial charge in [-0.15, -0.1) is 0 Å². The average Bonchev–Trinajstić information content (AvgIpc) is 2.26. The number of rotatable bonds is 3. The maximum atomic E-state index is 13.6. The normalized spacial score (nSPS) is 24.4. The van der Waals surface area contributed by atoms with E-state index >= 15 is 0 Å². The zero-order chi connectivity index (χ0) is 14.0. The molecule has 2 unspecified atom stereocenters. The highest BCUT2D eigenvalue weighted by atomic mass is 19.1. The SMILES string of the molecule is CC1CC(C)CN(Cc2ccc(C(=O)O)c(F)c2)C1. The number of carboxylic acid groups (broad SMARTS) is 1. The van der Waals surface area contributed by atoms with Crippen LogP contribution in [0.3, 0.4) is 0 Å². The summed E-state index contributed by atoms with van der Waals surface area (Å²) >= 11 is 0. The van der Waals surface area contributed by atoms with Gasteiger partial charge in [-0.2, -0.15) is 0 Å². The van der Waals surface area contributed by atoms with Gasteiger partial charge in [0.15, 0.2) is 0 Å². The number of hydrogen-bond donors (Lipinski definition) is 1. The minimum Gasteiger partial charge on any atom is -0.478 e. The molecule has 3 nitrogen and oxygen atoms in total. The van der Waals surface area contributed by atoms with Gasteiger partial charge in [-0.25, -0.2) is 9.18 Å². The Morgan fingerprint density at radius 3 is 2.53 bits per heavy atom. The van der Waals surface area contributed by atoms with Gasteiger partial charge in [-0.1, -0.05) is 19.9 Å². The van der Waals surface area contributed by atoms with E-state index < -0.39 is 11.8 Å². The average molecular weight is 265 g/mol. The molecule has 19 heavy (non-hydrogen) atoms. The first kappa shape index (κ1) is 14.0. The van der Waals surface area contributed by atoms with E-state index in [1.807, 2.05) is 0 Å². The molecular formula is C15H20FNO2. The van der Waals surface area contributed by atoms with Crippen molar-refractivity contribution < 1.29 is 14.3 Å². The van der Waals surface area contributed by atoms with Gasteiger partial charge in [0.2, 0.25) is 0 Å². The maximum absolute atomic E-state index is 13.6. The van der Waals surface area contributed by atoms with Crippen molar-refractivity contribution in [1.82, 2.24) is 4.90 Å². The number of carboxylic acids is 1. The highest BCUT2D eigenvalue weighted by Crippen LogP contribution is 2.23. The lowest BCUT2D eigenvalue weighted by Crippen LogP contribution is -2.38. The van der Waals surface area contributed by atoms with Crippen LogP contribution in [0.4, 0.5) is 4.39 Å². The number of hydrogen-bond acceptors (Lipinski definition) is 2. The van der Waals surface area contributed by atoms with Crippen LogP contribution in [-0.4, -0.2) is 29.1 Å². The van der Waals surface area contributed by atoms with E-state index in [4.69, 9.17) is 5.11 Å². The predicted molar refractivity (Wildman–Crippen MR) is 71.6 cm³/mol. The van der Waals surface area contributed by atoms with Gasteiger partial charge in [0, 0.05) is 19.6 Å². The number of benzene rings is 1. The van der Waals surface area contributed by atoms with Crippen LogP contribution in [0.2, 0.25) is 0 Å². The van der Waals surface area contributed by atoms with E-state index in [0.717, 1.165) is 18.7 Å². The summed E-state index contributed by atoms with van der Waals surface area (Å²) in [6, 6.07) is 4.40. The Balaban J connectivity index is 2.07. The standard InChI is InChI=1S/C15H20FNO2/c1-10-5-11(2)8-17(7-10)9-12-3-4-13(15(18)19)14(16)6-12/h3-4,6,10-11H,5,7-9H2,1-2H3,(H,18,19). The van der Waals surface area contributed by atoms with Crippen LogP contribution in [0.25, 0.3) is 0 Å². The maximum Gasteiger partial charge on any atom is 0.338 e. The topological polar surface area (TPSA) is 40.5 Å². The molecule has 0 spiro atoms. The Morgan fingerprint density at radius 2 is 2.00 bits per heavy atom.